The molecule has 4 rings (SSSR count). The van der Waals surface area contributed by atoms with Crippen LogP contribution in [-0.2, 0) is 0 Å². The Bertz CT molecular complexity index is 735. The second-order valence-electron chi connectivity index (χ2n) is 5.40. The van der Waals surface area contributed by atoms with Crippen LogP contribution in [0.1, 0.15) is 6.17 Å². The van der Waals surface area contributed by atoms with Gasteiger partial charge in [0.05, 0.1) is 18.3 Å². The lowest BCUT2D eigenvalue weighted by atomic mass is 10.2. The highest BCUT2D eigenvalue weighted by Crippen LogP contribution is 2.21. The normalized spacial score (nSPS) is 19.0. The van der Waals surface area contributed by atoms with Crippen molar-refractivity contribution < 1.29 is 0 Å². The van der Waals surface area contributed by atoms with E-state index in [4.69, 9.17) is 0 Å². The number of nitrogens with zero attached hydrogens (tertiary/aromatic N) is 3. The summed E-state index contributed by atoms with van der Waals surface area (Å²) in [6, 6.07) is 18.9. The molecule has 21 heavy (non-hydrogen) atoms. The Labute approximate surface area is 124 Å². The molecule has 1 aliphatic rings. The third kappa shape index (κ3) is 2.28. The van der Waals surface area contributed by atoms with Crippen molar-refractivity contribution in [3.05, 3.63) is 60.8 Å². The Hall–Kier alpha value is -2.33. The van der Waals surface area contributed by atoms with Crippen LogP contribution < -0.4 is 10.2 Å². The fourth-order valence-electron chi connectivity index (χ4n) is 3.01. The topological polar surface area (TPSA) is 33.1 Å². The van der Waals surface area contributed by atoms with Crippen LogP contribution in [0.2, 0.25) is 0 Å². The molecule has 1 N–H and O–H groups in total. The van der Waals surface area contributed by atoms with Gasteiger partial charge in [0.2, 0.25) is 0 Å². The molecule has 1 aliphatic heterocycles. The number of nitrogens with one attached hydrogen (secondary N) is 1. The number of aromatic nitrogens is 2. The highest BCUT2D eigenvalue weighted by Gasteiger charge is 2.22. The predicted octanol–water partition coefficient (Wildman–Crippen LogP) is 2.64. The minimum Gasteiger partial charge on any atom is -0.367 e. The number of rotatable bonds is 2. The number of hydrogen-bond donors (Lipinski definition) is 1. The standard InChI is InChI=1S/C17H18N4/c1-2-7-15(8-3-1)20-11-10-18-17(13-20)21-16-9-5-4-6-14(16)12-19-21/h1-9,12,17-18H,10-11,13H2. The number of para-hydroxylation sites is 2. The molecule has 4 nitrogen and oxygen atoms in total. The van der Waals surface area contributed by atoms with Crippen molar-refractivity contribution in [2.75, 3.05) is 24.5 Å². The van der Waals surface area contributed by atoms with Crippen LogP contribution in [-0.4, -0.2) is 29.4 Å². The van der Waals surface area contributed by atoms with Crippen molar-refractivity contribution in [3.63, 3.8) is 0 Å². The fraction of sp³-hybridized carbons (Fsp3) is 0.235. The second-order valence-corrected chi connectivity index (χ2v) is 5.40. The summed E-state index contributed by atoms with van der Waals surface area (Å²) in [5, 5.41) is 9.34. The third-order valence-corrected chi connectivity index (χ3v) is 4.08. The van der Waals surface area contributed by atoms with Gasteiger partial charge in [-0.3, -0.25) is 5.32 Å². The molecule has 1 unspecified atom stereocenters. The summed E-state index contributed by atoms with van der Waals surface area (Å²) in [6.45, 7) is 2.92. The molecular formula is C17H18N4. The SMILES string of the molecule is c1ccc(N2CCNC(n3ncc4ccccc43)C2)cc1. The molecule has 4 heteroatoms. The molecule has 1 saturated heterocycles. The van der Waals surface area contributed by atoms with E-state index in [1.165, 1.54) is 16.6 Å². The van der Waals surface area contributed by atoms with Crippen LogP contribution in [0.5, 0.6) is 0 Å². The van der Waals surface area contributed by atoms with E-state index in [1.807, 2.05) is 6.20 Å². The molecule has 0 spiro atoms. The molecule has 1 aromatic heterocycles. The van der Waals surface area contributed by atoms with Crippen LogP contribution in [0.15, 0.2) is 60.8 Å². The highest BCUT2D eigenvalue weighted by molar-refractivity contribution is 5.78. The van der Waals surface area contributed by atoms with Crippen LogP contribution in [0.25, 0.3) is 10.9 Å². The van der Waals surface area contributed by atoms with Gasteiger partial charge in [-0.05, 0) is 18.2 Å². The van der Waals surface area contributed by atoms with E-state index >= 15 is 0 Å². The smallest absolute Gasteiger partial charge is 0.120 e. The van der Waals surface area contributed by atoms with E-state index in [9.17, 15) is 0 Å². The fourth-order valence-corrected chi connectivity index (χ4v) is 3.01. The zero-order valence-corrected chi connectivity index (χ0v) is 11.8. The number of anilines is 1. The number of fused-ring (bicyclic) bond motifs is 1. The summed E-state index contributed by atoms with van der Waals surface area (Å²) in [5.74, 6) is 0. The maximum atomic E-state index is 4.57. The third-order valence-electron chi connectivity index (χ3n) is 4.08. The summed E-state index contributed by atoms with van der Waals surface area (Å²) in [4.78, 5) is 2.41. The molecule has 1 fully saturated rings. The molecule has 106 valence electrons. The van der Waals surface area contributed by atoms with Crippen LogP contribution >= 0.6 is 0 Å². The van der Waals surface area contributed by atoms with E-state index in [1.54, 1.807) is 0 Å². The average Bonchev–Trinajstić information content (AvgIpc) is 3.00. The van der Waals surface area contributed by atoms with E-state index in [-0.39, 0.29) is 6.17 Å². The largest absolute Gasteiger partial charge is 0.367 e. The van der Waals surface area contributed by atoms with Crippen molar-refractivity contribution in [2.45, 2.75) is 6.17 Å². The molecule has 0 amide bonds. The Morgan fingerprint density at radius 3 is 2.71 bits per heavy atom. The number of benzene rings is 2. The average molecular weight is 278 g/mol. The minimum atomic E-state index is 0.207. The highest BCUT2D eigenvalue weighted by atomic mass is 15.4. The molecule has 1 atom stereocenters. The Balaban J connectivity index is 1.64. The summed E-state index contributed by atoms with van der Waals surface area (Å²) in [6.07, 6.45) is 2.15. The minimum absolute atomic E-state index is 0.207. The van der Waals surface area contributed by atoms with Gasteiger partial charge in [0, 0.05) is 24.2 Å². The van der Waals surface area contributed by atoms with E-state index in [2.05, 4.69) is 74.6 Å². The van der Waals surface area contributed by atoms with Crippen LogP contribution in [0.4, 0.5) is 5.69 Å². The monoisotopic (exact) mass is 278 g/mol. The second kappa shape index (κ2) is 5.22. The Kier molecular flexibility index (Phi) is 3.09. The van der Waals surface area contributed by atoms with E-state index in [0.717, 1.165) is 19.6 Å². The first-order valence-corrected chi connectivity index (χ1v) is 7.37. The van der Waals surface area contributed by atoms with Gasteiger partial charge in [0.1, 0.15) is 6.17 Å². The first-order valence-electron chi connectivity index (χ1n) is 7.37. The maximum absolute atomic E-state index is 4.57. The summed E-state index contributed by atoms with van der Waals surface area (Å²) >= 11 is 0. The molecule has 2 aromatic carbocycles. The summed E-state index contributed by atoms with van der Waals surface area (Å²) in [7, 11) is 0. The molecule has 2 heterocycles. The van der Waals surface area contributed by atoms with Crippen molar-refractivity contribution in [2.24, 2.45) is 0 Å². The van der Waals surface area contributed by atoms with Gasteiger partial charge < -0.3 is 4.90 Å². The summed E-state index contributed by atoms with van der Waals surface area (Å²) in [5.41, 5.74) is 2.46. The van der Waals surface area contributed by atoms with Gasteiger partial charge in [-0.25, -0.2) is 4.68 Å². The zero-order valence-electron chi connectivity index (χ0n) is 11.8. The number of piperazine rings is 1. The van der Waals surface area contributed by atoms with Crippen molar-refractivity contribution in [1.29, 1.82) is 0 Å². The van der Waals surface area contributed by atoms with Gasteiger partial charge >= 0.3 is 0 Å². The molecular weight excluding hydrogens is 260 g/mol. The van der Waals surface area contributed by atoms with Crippen molar-refractivity contribution in [1.82, 2.24) is 15.1 Å². The van der Waals surface area contributed by atoms with Gasteiger partial charge in [0.15, 0.2) is 0 Å². The quantitative estimate of drug-likeness (QED) is 0.782. The molecule has 0 radical (unpaired) electrons. The number of hydrogen-bond acceptors (Lipinski definition) is 3. The lowest BCUT2D eigenvalue weighted by Crippen LogP contribution is -2.48. The molecule has 0 bridgehead atoms. The lowest BCUT2D eigenvalue weighted by molar-refractivity contribution is 0.349. The summed E-state index contributed by atoms with van der Waals surface area (Å²) < 4.78 is 2.10. The van der Waals surface area contributed by atoms with Crippen molar-refractivity contribution >= 4 is 16.6 Å². The molecule has 3 aromatic rings. The van der Waals surface area contributed by atoms with E-state index < -0.39 is 0 Å². The van der Waals surface area contributed by atoms with Gasteiger partial charge in [-0.15, -0.1) is 0 Å². The Morgan fingerprint density at radius 2 is 1.81 bits per heavy atom. The van der Waals surface area contributed by atoms with Gasteiger partial charge in [0.25, 0.3) is 0 Å². The van der Waals surface area contributed by atoms with Crippen LogP contribution in [0, 0.1) is 0 Å². The van der Waals surface area contributed by atoms with Crippen molar-refractivity contribution in [3.8, 4) is 0 Å². The van der Waals surface area contributed by atoms with Gasteiger partial charge in [-0.2, -0.15) is 5.10 Å². The molecule has 0 saturated carbocycles. The first kappa shape index (κ1) is 12.4. The maximum Gasteiger partial charge on any atom is 0.120 e. The predicted molar refractivity (Wildman–Crippen MR) is 85.4 cm³/mol. The lowest BCUT2D eigenvalue weighted by Gasteiger charge is -2.35. The first-order chi connectivity index (χ1) is 10.4. The van der Waals surface area contributed by atoms with E-state index in [0.29, 0.717) is 0 Å². The van der Waals surface area contributed by atoms with Gasteiger partial charge in [-0.1, -0.05) is 36.4 Å². The Morgan fingerprint density at radius 1 is 1.00 bits per heavy atom. The van der Waals surface area contributed by atoms with Crippen LogP contribution in [0.3, 0.4) is 0 Å². The molecule has 0 aliphatic carbocycles. The zero-order chi connectivity index (χ0) is 14.1.